The zero-order chi connectivity index (χ0) is 15.0. The SMILES string of the molecule is CC(C)N1C(=O)NC2(CCN(CCn3cccn3)C2)C1=O. The van der Waals surface area contributed by atoms with E-state index >= 15 is 0 Å². The fourth-order valence-electron chi connectivity index (χ4n) is 3.14. The molecule has 0 bridgehead atoms. The quantitative estimate of drug-likeness (QED) is 0.809. The van der Waals surface area contributed by atoms with Crippen LogP contribution < -0.4 is 5.32 Å². The summed E-state index contributed by atoms with van der Waals surface area (Å²) in [4.78, 5) is 28.1. The number of rotatable bonds is 4. The molecule has 2 saturated heterocycles. The van der Waals surface area contributed by atoms with E-state index in [4.69, 9.17) is 0 Å². The van der Waals surface area contributed by atoms with Gasteiger partial charge in [0.1, 0.15) is 5.54 Å². The summed E-state index contributed by atoms with van der Waals surface area (Å²) in [6.07, 6.45) is 4.36. The van der Waals surface area contributed by atoms with Crippen LogP contribution in [0.2, 0.25) is 0 Å². The van der Waals surface area contributed by atoms with Crippen molar-refractivity contribution in [3.63, 3.8) is 0 Å². The third-order valence-electron chi connectivity index (χ3n) is 4.26. The molecule has 1 spiro atoms. The molecule has 0 aromatic carbocycles. The van der Waals surface area contributed by atoms with Gasteiger partial charge in [-0.2, -0.15) is 5.10 Å². The van der Waals surface area contributed by atoms with Gasteiger partial charge in [0, 0.05) is 38.1 Å². The van der Waals surface area contributed by atoms with Crippen molar-refractivity contribution < 1.29 is 9.59 Å². The Hall–Kier alpha value is -1.89. The third-order valence-corrected chi connectivity index (χ3v) is 4.26. The molecule has 2 fully saturated rings. The van der Waals surface area contributed by atoms with Crippen LogP contribution in [-0.4, -0.2) is 62.7 Å². The maximum atomic E-state index is 12.6. The number of nitrogens with zero attached hydrogens (tertiary/aromatic N) is 4. The van der Waals surface area contributed by atoms with Gasteiger partial charge in [0.25, 0.3) is 5.91 Å². The van der Waals surface area contributed by atoms with E-state index in [1.165, 1.54) is 4.90 Å². The topological polar surface area (TPSA) is 70.5 Å². The lowest BCUT2D eigenvalue weighted by molar-refractivity contribution is -0.132. The molecule has 1 N–H and O–H groups in total. The highest BCUT2D eigenvalue weighted by atomic mass is 16.2. The molecular weight excluding hydrogens is 270 g/mol. The Morgan fingerprint density at radius 3 is 2.81 bits per heavy atom. The first-order valence-electron chi connectivity index (χ1n) is 7.37. The van der Waals surface area contributed by atoms with Crippen molar-refractivity contribution >= 4 is 11.9 Å². The fraction of sp³-hybridized carbons (Fsp3) is 0.643. The molecule has 0 radical (unpaired) electrons. The molecule has 7 nitrogen and oxygen atoms in total. The van der Waals surface area contributed by atoms with Gasteiger partial charge in [0.15, 0.2) is 0 Å². The highest BCUT2D eigenvalue weighted by molar-refractivity contribution is 6.07. The molecule has 2 aliphatic rings. The van der Waals surface area contributed by atoms with Crippen molar-refractivity contribution in [1.82, 2.24) is 24.9 Å². The number of likely N-dealkylation sites (tertiary alicyclic amines) is 1. The summed E-state index contributed by atoms with van der Waals surface area (Å²) in [5.74, 6) is -0.0795. The van der Waals surface area contributed by atoms with E-state index in [2.05, 4.69) is 15.3 Å². The van der Waals surface area contributed by atoms with Gasteiger partial charge in [-0.15, -0.1) is 0 Å². The van der Waals surface area contributed by atoms with E-state index in [1.54, 1.807) is 6.20 Å². The molecule has 1 aromatic rings. The predicted molar refractivity (Wildman–Crippen MR) is 76.5 cm³/mol. The molecule has 21 heavy (non-hydrogen) atoms. The number of carbonyl (C=O) groups excluding carboxylic acids is 2. The number of imide groups is 1. The number of amides is 3. The van der Waals surface area contributed by atoms with Crippen molar-refractivity contribution in [2.75, 3.05) is 19.6 Å². The van der Waals surface area contributed by atoms with E-state index in [1.807, 2.05) is 30.8 Å². The summed E-state index contributed by atoms with van der Waals surface area (Å²) < 4.78 is 1.88. The van der Waals surface area contributed by atoms with Gasteiger partial charge in [-0.1, -0.05) is 0 Å². The van der Waals surface area contributed by atoms with Gasteiger partial charge in [-0.05, 0) is 26.3 Å². The average Bonchev–Trinajstić information content (AvgIpc) is 3.09. The molecule has 1 unspecified atom stereocenters. The Morgan fingerprint density at radius 2 is 2.19 bits per heavy atom. The Kier molecular flexibility index (Phi) is 3.44. The molecule has 3 heterocycles. The molecule has 2 aliphatic heterocycles. The molecule has 3 rings (SSSR count). The molecule has 1 aromatic heterocycles. The van der Waals surface area contributed by atoms with Crippen molar-refractivity contribution in [2.45, 2.75) is 38.4 Å². The van der Waals surface area contributed by atoms with Crippen LogP contribution in [0.5, 0.6) is 0 Å². The summed E-state index contributed by atoms with van der Waals surface area (Å²) in [6.45, 7) is 6.75. The van der Waals surface area contributed by atoms with Crippen molar-refractivity contribution in [1.29, 1.82) is 0 Å². The smallest absolute Gasteiger partial charge is 0.322 e. The monoisotopic (exact) mass is 291 g/mol. The third kappa shape index (κ3) is 2.42. The van der Waals surface area contributed by atoms with Crippen LogP contribution >= 0.6 is 0 Å². The molecule has 0 aliphatic carbocycles. The molecule has 3 amide bonds. The fourth-order valence-corrected chi connectivity index (χ4v) is 3.14. The first kappa shape index (κ1) is 14.1. The first-order chi connectivity index (χ1) is 10.0. The number of aromatic nitrogens is 2. The largest absolute Gasteiger partial charge is 0.325 e. The van der Waals surface area contributed by atoms with Crippen LogP contribution in [0.15, 0.2) is 18.5 Å². The number of hydrogen-bond acceptors (Lipinski definition) is 4. The summed E-state index contributed by atoms with van der Waals surface area (Å²) in [5.41, 5.74) is -0.717. The van der Waals surface area contributed by atoms with E-state index in [0.717, 1.165) is 19.6 Å². The first-order valence-corrected chi connectivity index (χ1v) is 7.37. The van der Waals surface area contributed by atoms with E-state index < -0.39 is 5.54 Å². The number of hydrogen-bond donors (Lipinski definition) is 1. The maximum Gasteiger partial charge on any atom is 0.325 e. The molecule has 7 heteroatoms. The second kappa shape index (κ2) is 5.14. The minimum Gasteiger partial charge on any atom is -0.322 e. The number of urea groups is 1. The van der Waals surface area contributed by atoms with Crippen molar-refractivity contribution in [2.24, 2.45) is 0 Å². The Labute approximate surface area is 123 Å². The molecule has 114 valence electrons. The maximum absolute atomic E-state index is 12.6. The van der Waals surface area contributed by atoms with Gasteiger partial charge in [0.2, 0.25) is 0 Å². The van der Waals surface area contributed by atoms with Gasteiger partial charge >= 0.3 is 6.03 Å². The molecule has 0 saturated carbocycles. The van der Waals surface area contributed by atoms with E-state index in [0.29, 0.717) is 13.0 Å². The lowest BCUT2D eigenvalue weighted by Gasteiger charge is -2.23. The van der Waals surface area contributed by atoms with Gasteiger partial charge in [-0.25, -0.2) is 4.79 Å². The number of nitrogens with one attached hydrogen (secondary N) is 1. The van der Waals surface area contributed by atoms with Crippen LogP contribution in [0, 0.1) is 0 Å². The highest BCUT2D eigenvalue weighted by Gasteiger charge is 2.54. The van der Waals surface area contributed by atoms with Crippen LogP contribution in [0.3, 0.4) is 0 Å². The van der Waals surface area contributed by atoms with E-state index in [9.17, 15) is 9.59 Å². The van der Waals surface area contributed by atoms with Crippen molar-refractivity contribution in [3.05, 3.63) is 18.5 Å². The Balaban J connectivity index is 1.63. The van der Waals surface area contributed by atoms with Gasteiger partial charge < -0.3 is 5.32 Å². The lowest BCUT2D eigenvalue weighted by atomic mass is 9.99. The number of carbonyl (C=O) groups is 2. The lowest BCUT2D eigenvalue weighted by Crippen LogP contribution is -2.49. The predicted octanol–water partition coefficient (Wildman–Crippen LogP) is 0.288. The summed E-state index contributed by atoms with van der Waals surface area (Å²) >= 11 is 0. The van der Waals surface area contributed by atoms with E-state index in [-0.39, 0.29) is 18.0 Å². The second-order valence-electron chi connectivity index (χ2n) is 6.08. The standard InChI is InChI=1S/C14H21N5O2/c1-11(2)19-12(20)14(16-13(19)21)4-7-17(10-14)8-9-18-6-3-5-15-18/h3,5-6,11H,4,7-10H2,1-2H3,(H,16,21). The van der Waals surface area contributed by atoms with Crippen LogP contribution in [0.1, 0.15) is 20.3 Å². The summed E-state index contributed by atoms with van der Waals surface area (Å²) in [5, 5.41) is 7.08. The van der Waals surface area contributed by atoms with Crippen LogP contribution in [-0.2, 0) is 11.3 Å². The van der Waals surface area contributed by atoms with Gasteiger partial charge in [0.05, 0.1) is 6.54 Å². The van der Waals surface area contributed by atoms with Crippen LogP contribution in [0.25, 0.3) is 0 Å². The second-order valence-corrected chi connectivity index (χ2v) is 6.08. The Morgan fingerprint density at radius 1 is 1.38 bits per heavy atom. The van der Waals surface area contributed by atoms with Crippen molar-refractivity contribution in [3.8, 4) is 0 Å². The average molecular weight is 291 g/mol. The summed E-state index contributed by atoms with van der Waals surface area (Å²) in [6, 6.07) is 1.53. The Bertz CT molecular complexity index is 542. The van der Waals surface area contributed by atoms with Gasteiger partial charge in [-0.3, -0.25) is 19.3 Å². The van der Waals surface area contributed by atoms with Crippen LogP contribution in [0.4, 0.5) is 4.79 Å². The minimum atomic E-state index is -0.717. The highest BCUT2D eigenvalue weighted by Crippen LogP contribution is 2.29. The zero-order valence-electron chi connectivity index (χ0n) is 12.5. The molecule has 1 atom stereocenters. The molecular formula is C14H21N5O2. The normalized spacial score (nSPS) is 26.3. The zero-order valence-corrected chi connectivity index (χ0v) is 12.5. The summed E-state index contributed by atoms with van der Waals surface area (Å²) in [7, 11) is 0. The minimum absolute atomic E-state index is 0.0795.